The lowest BCUT2D eigenvalue weighted by atomic mass is 10.3. The maximum atomic E-state index is 9.96. The summed E-state index contributed by atoms with van der Waals surface area (Å²) < 4.78 is 14.0. The topological polar surface area (TPSA) is 66.4 Å². The molecule has 0 aromatic rings. The molecule has 0 saturated carbocycles. The van der Waals surface area contributed by atoms with Gasteiger partial charge >= 0.3 is 7.82 Å². The highest BCUT2D eigenvalue weighted by atomic mass is 31.2. The van der Waals surface area contributed by atoms with E-state index in [1.54, 1.807) is 0 Å². The average molecular weight is 167 g/mol. The molecule has 5 heteroatoms. The summed E-state index contributed by atoms with van der Waals surface area (Å²) in [5, 5.41) is 0. The first-order valence-electron chi connectivity index (χ1n) is 3.24. The zero-order chi connectivity index (χ0) is 8.04. The Bertz CT molecular complexity index is 119. The molecule has 0 aliphatic rings. The van der Waals surface area contributed by atoms with Crippen molar-refractivity contribution in [1.82, 2.24) is 0 Å². The van der Waals surface area contributed by atoms with Crippen molar-refractivity contribution in [3.63, 3.8) is 0 Å². The van der Waals surface area contributed by atoms with E-state index in [-0.39, 0.29) is 6.61 Å². The fraction of sp³-hybridized carbons (Fsp3) is 1.00. The van der Waals surface area contributed by atoms with Crippen LogP contribution in [-0.4, -0.2) is 11.5 Å². The van der Waals surface area contributed by atoms with Crippen molar-refractivity contribution in [1.29, 1.82) is 0 Å². The molecule has 1 N–H and O–H groups in total. The van der Waals surface area contributed by atoms with Crippen LogP contribution < -0.4 is 0 Å². The van der Waals surface area contributed by atoms with Crippen LogP contribution in [0.4, 0.5) is 0 Å². The van der Waals surface area contributed by atoms with Crippen LogP contribution >= 0.6 is 7.82 Å². The van der Waals surface area contributed by atoms with Gasteiger partial charge in [-0.1, -0.05) is 19.8 Å². The smallest absolute Gasteiger partial charge is 0.301 e. The lowest BCUT2D eigenvalue weighted by Crippen LogP contribution is -1.90. The SMILES string of the molecule is CCCCCOP([O])(=O)O. The van der Waals surface area contributed by atoms with E-state index in [9.17, 15) is 9.46 Å². The van der Waals surface area contributed by atoms with Crippen LogP contribution in [0.25, 0.3) is 0 Å². The van der Waals surface area contributed by atoms with Gasteiger partial charge in [0.05, 0.1) is 6.61 Å². The van der Waals surface area contributed by atoms with E-state index >= 15 is 0 Å². The lowest BCUT2D eigenvalue weighted by Gasteiger charge is -2.01. The van der Waals surface area contributed by atoms with Crippen LogP contribution in [0.1, 0.15) is 26.2 Å². The quantitative estimate of drug-likeness (QED) is 0.500. The minimum absolute atomic E-state index is 0.0884. The molecule has 10 heavy (non-hydrogen) atoms. The van der Waals surface area contributed by atoms with E-state index < -0.39 is 7.82 Å². The van der Waals surface area contributed by atoms with Gasteiger partial charge in [-0.3, -0.25) is 4.52 Å². The third kappa shape index (κ3) is 8.11. The van der Waals surface area contributed by atoms with Crippen LogP contribution in [0.5, 0.6) is 0 Å². The van der Waals surface area contributed by atoms with Crippen LogP contribution in [0.3, 0.4) is 0 Å². The predicted molar refractivity (Wildman–Crippen MR) is 36.0 cm³/mol. The minimum Gasteiger partial charge on any atom is -0.301 e. The lowest BCUT2D eigenvalue weighted by molar-refractivity contribution is 0.168. The van der Waals surface area contributed by atoms with Gasteiger partial charge in [0.15, 0.2) is 0 Å². The normalized spacial score (nSPS) is 11.9. The molecule has 0 saturated heterocycles. The molecular formula is C5H12O4P. The van der Waals surface area contributed by atoms with Crippen LogP contribution in [0, 0.1) is 0 Å². The standard InChI is InChI=1S/C5H12O4P/c1-2-3-4-5-9-10(6,7)8/h2-5H2,1H3,(H,6,7). The summed E-state index contributed by atoms with van der Waals surface area (Å²) in [6, 6.07) is 0. The molecule has 0 spiro atoms. The molecule has 1 unspecified atom stereocenters. The monoisotopic (exact) mass is 167 g/mol. The molecule has 0 aliphatic carbocycles. The second-order valence-corrected chi connectivity index (χ2v) is 3.20. The van der Waals surface area contributed by atoms with Gasteiger partial charge in [0.25, 0.3) is 0 Å². The third-order valence-electron chi connectivity index (χ3n) is 1.00. The first-order chi connectivity index (χ1) is 4.56. The molecule has 0 fully saturated rings. The molecule has 0 rings (SSSR count). The largest absolute Gasteiger partial charge is 0.499 e. The van der Waals surface area contributed by atoms with Crippen molar-refractivity contribution in [3.05, 3.63) is 0 Å². The summed E-state index contributed by atoms with van der Waals surface area (Å²) in [5.41, 5.74) is 0. The number of hydrogen-bond acceptors (Lipinski definition) is 2. The maximum absolute atomic E-state index is 9.96. The summed E-state index contributed by atoms with van der Waals surface area (Å²) >= 11 is 0. The van der Waals surface area contributed by atoms with Gasteiger partial charge < -0.3 is 4.89 Å². The van der Waals surface area contributed by atoms with Crippen molar-refractivity contribution < 1.29 is 18.9 Å². The third-order valence-corrected chi connectivity index (χ3v) is 1.51. The first-order valence-corrected chi connectivity index (χ1v) is 4.74. The van der Waals surface area contributed by atoms with Crippen LogP contribution in [0.2, 0.25) is 0 Å². The van der Waals surface area contributed by atoms with Crippen molar-refractivity contribution in [2.75, 3.05) is 6.61 Å². The van der Waals surface area contributed by atoms with Crippen molar-refractivity contribution in [2.45, 2.75) is 26.2 Å². The van der Waals surface area contributed by atoms with Gasteiger partial charge in [0.1, 0.15) is 0 Å². The summed E-state index contributed by atoms with van der Waals surface area (Å²) in [7, 11) is -4.46. The molecule has 0 aromatic heterocycles. The Kier molecular flexibility index (Phi) is 4.91. The molecule has 0 aliphatic heterocycles. The van der Waals surface area contributed by atoms with Gasteiger partial charge in [-0.05, 0) is 6.42 Å². The Balaban J connectivity index is 3.13. The van der Waals surface area contributed by atoms with Crippen molar-refractivity contribution in [2.24, 2.45) is 0 Å². The van der Waals surface area contributed by atoms with E-state index in [2.05, 4.69) is 4.52 Å². The van der Waals surface area contributed by atoms with E-state index in [0.717, 1.165) is 12.8 Å². The number of unbranched alkanes of at least 4 members (excludes halogenated alkanes) is 2. The van der Waals surface area contributed by atoms with E-state index in [4.69, 9.17) is 4.89 Å². The Morgan fingerprint density at radius 2 is 2.10 bits per heavy atom. The van der Waals surface area contributed by atoms with Crippen molar-refractivity contribution >= 4 is 7.82 Å². The first kappa shape index (κ1) is 10.1. The zero-order valence-corrected chi connectivity index (χ0v) is 6.84. The van der Waals surface area contributed by atoms with Gasteiger partial charge in [-0.2, -0.15) is 0 Å². The Labute approximate surface area is 60.5 Å². The second-order valence-electron chi connectivity index (χ2n) is 2.01. The summed E-state index contributed by atoms with van der Waals surface area (Å²) in [4.78, 5) is 18.1. The summed E-state index contributed by atoms with van der Waals surface area (Å²) in [6.45, 7) is 2.08. The minimum atomic E-state index is -4.46. The maximum Gasteiger partial charge on any atom is 0.499 e. The van der Waals surface area contributed by atoms with Crippen LogP contribution in [0.15, 0.2) is 0 Å². The number of hydrogen-bond donors (Lipinski definition) is 1. The highest BCUT2D eigenvalue weighted by Crippen LogP contribution is 2.37. The van der Waals surface area contributed by atoms with Crippen LogP contribution in [-0.2, 0) is 14.0 Å². The van der Waals surface area contributed by atoms with Gasteiger partial charge in [-0.15, -0.1) is 4.89 Å². The van der Waals surface area contributed by atoms with Crippen molar-refractivity contribution in [3.8, 4) is 0 Å². The summed E-state index contributed by atoms with van der Waals surface area (Å²) in [6.07, 6.45) is 2.58. The van der Waals surface area contributed by atoms with E-state index in [1.165, 1.54) is 0 Å². The van der Waals surface area contributed by atoms with E-state index in [1.807, 2.05) is 6.92 Å². The van der Waals surface area contributed by atoms with Gasteiger partial charge in [0, 0.05) is 0 Å². The number of rotatable bonds is 5. The highest BCUT2D eigenvalue weighted by molar-refractivity contribution is 7.46. The molecule has 61 valence electrons. The molecule has 0 aromatic carbocycles. The Morgan fingerprint density at radius 1 is 1.50 bits per heavy atom. The Morgan fingerprint density at radius 3 is 2.50 bits per heavy atom. The molecule has 4 nitrogen and oxygen atoms in total. The fourth-order valence-corrected chi connectivity index (χ4v) is 0.892. The van der Waals surface area contributed by atoms with E-state index in [0.29, 0.717) is 6.42 Å². The molecule has 0 heterocycles. The molecular weight excluding hydrogens is 155 g/mol. The molecule has 1 atom stereocenters. The predicted octanol–water partition coefficient (Wildman–Crippen LogP) is 1.72. The fourth-order valence-electron chi connectivity index (χ4n) is 0.532. The molecule has 0 amide bonds. The average Bonchev–Trinajstić information content (AvgIpc) is 1.78. The zero-order valence-electron chi connectivity index (χ0n) is 5.95. The molecule has 0 bridgehead atoms. The molecule has 1 radical (unpaired) electrons. The summed E-state index contributed by atoms with van der Waals surface area (Å²) in [5.74, 6) is 0. The second kappa shape index (κ2) is 4.85. The van der Waals surface area contributed by atoms with Gasteiger partial charge in [-0.25, -0.2) is 4.57 Å². The highest BCUT2D eigenvalue weighted by Gasteiger charge is 2.14. The van der Waals surface area contributed by atoms with Gasteiger partial charge in [0.2, 0.25) is 0 Å². The Hall–Kier alpha value is 0.110.